The molecule has 0 aliphatic heterocycles. The predicted molar refractivity (Wildman–Crippen MR) is 121 cm³/mol. The molecule has 0 saturated heterocycles. The van der Waals surface area contributed by atoms with E-state index in [1.807, 2.05) is 37.3 Å². The van der Waals surface area contributed by atoms with Crippen molar-refractivity contribution in [2.75, 3.05) is 14.1 Å². The highest BCUT2D eigenvalue weighted by Crippen LogP contribution is 2.37. The van der Waals surface area contributed by atoms with Crippen molar-refractivity contribution in [3.63, 3.8) is 0 Å². The van der Waals surface area contributed by atoms with Gasteiger partial charge in [0.25, 0.3) is 0 Å². The van der Waals surface area contributed by atoms with Crippen LogP contribution in [0.15, 0.2) is 71.9 Å². The van der Waals surface area contributed by atoms with Crippen LogP contribution in [0.1, 0.15) is 29.2 Å². The van der Waals surface area contributed by atoms with Gasteiger partial charge in [0, 0.05) is 37.8 Å². The fourth-order valence-electron chi connectivity index (χ4n) is 3.23. The Hall–Kier alpha value is -2.84. The van der Waals surface area contributed by atoms with E-state index in [-0.39, 0.29) is 17.2 Å². The molecule has 3 aromatic rings. The molecule has 8 heteroatoms. The lowest BCUT2D eigenvalue weighted by atomic mass is 9.97. The van der Waals surface area contributed by atoms with E-state index in [0.717, 1.165) is 40.3 Å². The molecule has 1 aromatic heterocycles. The van der Waals surface area contributed by atoms with E-state index >= 15 is 0 Å². The molecule has 0 radical (unpaired) electrons. The summed E-state index contributed by atoms with van der Waals surface area (Å²) < 4.78 is 43.3. The molecule has 2 aromatic carbocycles. The topological polar surface area (TPSA) is 45.2 Å². The maximum absolute atomic E-state index is 13.4. The van der Waals surface area contributed by atoms with E-state index < -0.39 is 17.8 Å². The first-order valence-electron chi connectivity index (χ1n) is 9.96. The zero-order valence-corrected chi connectivity index (χ0v) is 18.8. The van der Waals surface area contributed by atoms with Gasteiger partial charge < -0.3 is 4.90 Å². The van der Waals surface area contributed by atoms with Gasteiger partial charge in [-0.2, -0.15) is 13.2 Å². The Labute approximate surface area is 190 Å². The quantitative estimate of drug-likeness (QED) is 0.448. The number of hydrogen-bond donors (Lipinski definition) is 1. The molecule has 32 heavy (non-hydrogen) atoms. The summed E-state index contributed by atoms with van der Waals surface area (Å²) in [6.07, 6.45) is -0.868. The van der Waals surface area contributed by atoms with Crippen molar-refractivity contribution in [3.05, 3.63) is 83.7 Å². The number of aromatic nitrogens is 1. The first-order chi connectivity index (χ1) is 15.2. The van der Waals surface area contributed by atoms with Gasteiger partial charge in [-0.15, -0.1) is 0 Å². The highest BCUT2D eigenvalue weighted by molar-refractivity contribution is 7.97. The Kier molecular flexibility index (Phi) is 7.58. The van der Waals surface area contributed by atoms with E-state index in [9.17, 15) is 18.0 Å². The minimum Gasteiger partial charge on any atom is -0.349 e. The monoisotopic (exact) mass is 459 g/mol. The molecule has 0 bridgehead atoms. The standard InChI is InChI=1S/C24H24F3N3OS/c1-16-15-28-12-11-19(16)17-7-6-8-18(13-17)21(14-23(31)30(2)3)29-32-22-10-5-4-9-20(22)24(25,26)27/h4-13,15,21,29H,14H2,1-3H3. The summed E-state index contributed by atoms with van der Waals surface area (Å²) in [4.78, 5) is 18.1. The van der Waals surface area contributed by atoms with Crippen molar-refractivity contribution in [1.82, 2.24) is 14.6 Å². The Morgan fingerprint density at radius 2 is 1.88 bits per heavy atom. The molecule has 1 N–H and O–H groups in total. The second-order valence-electron chi connectivity index (χ2n) is 7.57. The number of nitrogens with zero attached hydrogens (tertiary/aromatic N) is 2. The normalized spacial score (nSPS) is 12.4. The minimum absolute atomic E-state index is 0.0587. The van der Waals surface area contributed by atoms with Gasteiger partial charge in [0.15, 0.2) is 0 Å². The van der Waals surface area contributed by atoms with Crippen LogP contribution in [-0.4, -0.2) is 29.9 Å². The summed E-state index contributed by atoms with van der Waals surface area (Å²) in [6, 6.07) is 14.5. The second kappa shape index (κ2) is 10.2. The van der Waals surface area contributed by atoms with E-state index in [2.05, 4.69) is 9.71 Å². The average Bonchev–Trinajstić information content (AvgIpc) is 2.76. The van der Waals surface area contributed by atoms with Crippen LogP contribution in [-0.2, 0) is 11.0 Å². The highest BCUT2D eigenvalue weighted by Gasteiger charge is 2.33. The molecule has 1 unspecified atom stereocenters. The number of pyridine rings is 1. The number of benzene rings is 2. The number of nitrogens with one attached hydrogen (secondary N) is 1. The van der Waals surface area contributed by atoms with Gasteiger partial charge in [-0.3, -0.25) is 14.5 Å². The van der Waals surface area contributed by atoms with Crippen LogP contribution in [0, 0.1) is 6.92 Å². The van der Waals surface area contributed by atoms with E-state index in [1.54, 1.807) is 32.6 Å². The molecule has 1 amide bonds. The van der Waals surface area contributed by atoms with E-state index in [4.69, 9.17) is 0 Å². The number of halogens is 3. The number of amides is 1. The molecule has 0 fully saturated rings. The van der Waals surface area contributed by atoms with Crippen LogP contribution in [0.5, 0.6) is 0 Å². The molecule has 168 valence electrons. The Balaban J connectivity index is 1.92. The zero-order chi connectivity index (χ0) is 23.3. The van der Waals surface area contributed by atoms with Crippen LogP contribution < -0.4 is 4.72 Å². The third kappa shape index (κ3) is 5.89. The first-order valence-corrected chi connectivity index (χ1v) is 10.8. The van der Waals surface area contributed by atoms with Gasteiger partial charge in [0.1, 0.15) is 0 Å². The highest BCUT2D eigenvalue weighted by atomic mass is 32.2. The SMILES string of the molecule is Cc1cnccc1-c1cccc(C(CC(=O)N(C)C)NSc2ccccc2C(F)(F)F)c1. The van der Waals surface area contributed by atoms with Crippen LogP contribution in [0.2, 0.25) is 0 Å². The lowest BCUT2D eigenvalue weighted by Crippen LogP contribution is -2.27. The fraction of sp³-hybridized carbons (Fsp3) is 0.250. The maximum Gasteiger partial charge on any atom is 0.417 e. The summed E-state index contributed by atoms with van der Waals surface area (Å²) in [5.41, 5.74) is 3.07. The summed E-state index contributed by atoms with van der Waals surface area (Å²) in [7, 11) is 3.31. The van der Waals surface area contributed by atoms with Crippen molar-refractivity contribution in [3.8, 4) is 11.1 Å². The summed E-state index contributed by atoms with van der Waals surface area (Å²) in [5.74, 6) is -0.127. The van der Waals surface area contributed by atoms with Crippen LogP contribution >= 0.6 is 11.9 Å². The fourth-order valence-corrected chi connectivity index (χ4v) is 4.16. The van der Waals surface area contributed by atoms with E-state index in [1.165, 1.54) is 17.0 Å². The van der Waals surface area contributed by atoms with Crippen molar-refractivity contribution in [2.45, 2.75) is 30.5 Å². The number of alkyl halides is 3. The molecule has 0 spiro atoms. The van der Waals surface area contributed by atoms with Gasteiger partial charge in [-0.1, -0.05) is 30.3 Å². The number of hydrogen-bond acceptors (Lipinski definition) is 4. The summed E-state index contributed by atoms with van der Waals surface area (Å²) in [6.45, 7) is 1.96. The number of carbonyl (C=O) groups excluding carboxylic acids is 1. The van der Waals surface area contributed by atoms with Crippen molar-refractivity contribution < 1.29 is 18.0 Å². The Morgan fingerprint density at radius 1 is 1.12 bits per heavy atom. The Bertz CT molecular complexity index is 1090. The number of carbonyl (C=O) groups is 1. The van der Waals surface area contributed by atoms with Crippen molar-refractivity contribution in [2.24, 2.45) is 0 Å². The summed E-state index contributed by atoms with van der Waals surface area (Å²) in [5, 5.41) is 0. The molecule has 0 saturated carbocycles. The smallest absolute Gasteiger partial charge is 0.349 e. The van der Waals surface area contributed by atoms with Gasteiger partial charge in [-0.05, 0) is 65.4 Å². The van der Waals surface area contributed by atoms with E-state index in [0.29, 0.717) is 0 Å². The third-order valence-corrected chi connectivity index (χ3v) is 5.98. The van der Waals surface area contributed by atoms with Gasteiger partial charge in [0.2, 0.25) is 5.91 Å². The molecule has 0 aliphatic rings. The van der Waals surface area contributed by atoms with Crippen LogP contribution in [0.25, 0.3) is 11.1 Å². The van der Waals surface area contributed by atoms with Gasteiger partial charge >= 0.3 is 6.18 Å². The largest absolute Gasteiger partial charge is 0.417 e. The minimum atomic E-state index is -4.46. The molecule has 1 atom stereocenters. The molecule has 3 rings (SSSR count). The lowest BCUT2D eigenvalue weighted by molar-refractivity contribution is -0.139. The molecule has 1 heterocycles. The molecular weight excluding hydrogens is 435 g/mol. The zero-order valence-electron chi connectivity index (χ0n) is 18.0. The van der Waals surface area contributed by atoms with Crippen molar-refractivity contribution in [1.29, 1.82) is 0 Å². The lowest BCUT2D eigenvalue weighted by Gasteiger charge is -2.22. The molecular formula is C24H24F3N3OS. The number of aryl methyl sites for hydroxylation is 1. The molecule has 0 aliphatic carbocycles. The summed E-state index contributed by atoms with van der Waals surface area (Å²) >= 11 is 0.885. The first kappa shape index (κ1) is 23.8. The van der Waals surface area contributed by atoms with Crippen molar-refractivity contribution >= 4 is 17.9 Å². The second-order valence-corrected chi connectivity index (χ2v) is 8.45. The maximum atomic E-state index is 13.4. The average molecular weight is 460 g/mol. The van der Waals surface area contributed by atoms with Crippen LogP contribution in [0.4, 0.5) is 13.2 Å². The third-order valence-electron chi connectivity index (χ3n) is 5.00. The van der Waals surface area contributed by atoms with Gasteiger partial charge in [-0.25, -0.2) is 0 Å². The number of rotatable bonds is 7. The predicted octanol–water partition coefficient (Wildman–Crippen LogP) is 5.89. The van der Waals surface area contributed by atoms with Gasteiger partial charge in [0.05, 0.1) is 11.6 Å². The molecule has 4 nitrogen and oxygen atoms in total. The Morgan fingerprint density at radius 3 is 2.56 bits per heavy atom. The van der Waals surface area contributed by atoms with Crippen LogP contribution in [0.3, 0.4) is 0 Å².